The fourth-order valence-electron chi connectivity index (χ4n) is 3.03. The van der Waals surface area contributed by atoms with Gasteiger partial charge in [0, 0.05) is 6.08 Å². The lowest BCUT2D eigenvalue weighted by Gasteiger charge is -2.43. The Hall–Kier alpha value is -1.95. The SMILES string of the molecule is CCOC(=O)/C=C/CCC(C)C(C)(ON=O)[Si](C)(C)c1ccccc1. The standard InChI is InChI=1S/C19H29NO4Si/c1-6-23-18(21)15-11-10-12-16(2)19(3,24-20-22)25(4,5)17-13-8-7-9-14-17/h7-9,11,13-16H,6,10,12H2,1-5H3/b15-11+. The van der Waals surface area contributed by atoms with Gasteiger partial charge < -0.3 is 9.57 Å². The maximum absolute atomic E-state index is 11.3. The van der Waals surface area contributed by atoms with E-state index in [1.165, 1.54) is 11.3 Å². The summed E-state index contributed by atoms with van der Waals surface area (Å²) in [6, 6.07) is 10.2. The van der Waals surface area contributed by atoms with Gasteiger partial charge in [-0.15, -0.1) is 4.91 Å². The van der Waals surface area contributed by atoms with Gasteiger partial charge in [-0.3, -0.25) is 0 Å². The highest BCUT2D eigenvalue weighted by Crippen LogP contribution is 2.35. The number of hydrogen-bond acceptors (Lipinski definition) is 5. The molecule has 0 bridgehead atoms. The van der Waals surface area contributed by atoms with Crippen molar-refractivity contribution in [2.75, 3.05) is 6.61 Å². The second kappa shape index (κ2) is 9.51. The van der Waals surface area contributed by atoms with Crippen LogP contribution in [0.25, 0.3) is 0 Å². The third kappa shape index (κ3) is 5.26. The van der Waals surface area contributed by atoms with Gasteiger partial charge in [-0.25, -0.2) is 4.79 Å². The molecule has 0 spiro atoms. The van der Waals surface area contributed by atoms with Crippen molar-refractivity contribution in [3.05, 3.63) is 47.4 Å². The van der Waals surface area contributed by atoms with Gasteiger partial charge in [0.25, 0.3) is 0 Å². The van der Waals surface area contributed by atoms with E-state index in [0.29, 0.717) is 13.0 Å². The molecule has 2 atom stereocenters. The van der Waals surface area contributed by atoms with Crippen LogP contribution in [-0.4, -0.2) is 25.9 Å². The smallest absolute Gasteiger partial charge is 0.330 e. The van der Waals surface area contributed by atoms with Gasteiger partial charge >= 0.3 is 5.97 Å². The zero-order chi connectivity index (χ0) is 18.9. The summed E-state index contributed by atoms with van der Waals surface area (Å²) < 4.78 is 4.87. The quantitative estimate of drug-likeness (QED) is 0.206. The Morgan fingerprint density at radius 2 is 1.96 bits per heavy atom. The van der Waals surface area contributed by atoms with Crippen LogP contribution in [0.1, 0.15) is 33.6 Å². The second-order valence-electron chi connectivity index (χ2n) is 6.90. The maximum atomic E-state index is 11.3. The van der Waals surface area contributed by atoms with Gasteiger partial charge in [-0.05, 0) is 32.6 Å². The fraction of sp³-hybridized carbons (Fsp3) is 0.526. The molecule has 5 nitrogen and oxygen atoms in total. The third-order valence-electron chi connectivity index (χ3n) is 5.21. The monoisotopic (exact) mass is 363 g/mol. The van der Waals surface area contributed by atoms with Crippen LogP contribution in [-0.2, 0) is 14.4 Å². The van der Waals surface area contributed by atoms with E-state index in [-0.39, 0.29) is 11.9 Å². The molecule has 0 fully saturated rings. The van der Waals surface area contributed by atoms with Crippen LogP contribution < -0.4 is 5.19 Å². The van der Waals surface area contributed by atoms with E-state index in [4.69, 9.17) is 9.57 Å². The number of carbonyl (C=O) groups excluding carboxylic acids is 1. The van der Waals surface area contributed by atoms with E-state index in [9.17, 15) is 9.70 Å². The lowest BCUT2D eigenvalue weighted by atomic mass is 9.99. The molecule has 0 saturated carbocycles. The van der Waals surface area contributed by atoms with Crippen LogP contribution in [0.5, 0.6) is 0 Å². The number of allylic oxidation sites excluding steroid dienone is 1. The van der Waals surface area contributed by atoms with Crippen molar-refractivity contribution >= 4 is 19.2 Å². The summed E-state index contributed by atoms with van der Waals surface area (Å²) in [5.41, 5.74) is 0. The highest BCUT2D eigenvalue weighted by Gasteiger charge is 2.50. The minimum atomic E-state index is -2.14. The van der Waals surface area contributed by atoms with E-state index in [1.54, 1.807) is 13.0 Å². The predicted octanol–water partition coefficient (Wildman–Crippen LogP) is 4.13. The van der Waals surface area contributed by atoms with Crippen LogP contribution in [0.3, 0.4) is 0 Å². The van der Waals surface area contributed by atoms with E-state index >= 15 is 0 Å². The number of ether oxygens (including phenoxy) is 1. The Bertz CT molecular complexity index is 588. The number of rotatable bonds is 10. The van der Waals surface area contributed by atoms with Gasteiger partial charge in [0.15, 0.2) is 5.34 Å². The lowest BCUT2D eigenvalue weighted by molar-refractivity contribution is -0.137. The molecule has 0 aliphatic heterocycles. The zero-order valence-corrected chi connectivity index (χ0v) is 16.8. The largest absolute Gasteiger partial charge is 0.463 e. The highest BCUT2D eigenvalue weighted by atomic mass is 28.3. The van der Waals surface area contributed by atoms with Crippen molar-refractivity contribution in [3.63, 3.8) is 0 Å². The van der Waals surface area contributed by atoms with Crippen molar-refractivity contribution in [3.8, 4) is 0 Å². The van der Waals surface area contributed by atoms with Gasteiger partial charge in [-0.1, -0.05) is 61.6 Å². The average molecular weight is 364 g/mol. The number of nitrogens with zero attached hydrogens (tertiary/aromatic N) is 1. The molecule has 0 aliphatic rings. The molecule has 0 amide bonds. The summed E-state index contributed by atoms with van der Waals surface area (Å²) in [7, 11) is -2.14. The number of benzene rings is 1. The predicted molar refractivity (Wildman–Crippen MR) is 103 cm³/mol. The molecular weight excluding hydrogens is 334 g/mol. The topological polar surface area (TPSA) is 65.0 Å². The van der Waals surface area contributed by atoms with Gasteiger partial charge in [0.05, 0.1) is 6.61 Å². The molecule has 25 heavy (non-hydrogen) atoms. The zero-order valence-electron chi connectivity index (χ0n) is 15.8. The first-order valence-corrected chi connectivity index (χ1v) is 11.7. The van der Waals surface area contributed by atoms with Crippen LogP contribution in [0, 0.1) is 10.8 Å². The summed E-state index contributed by atoms with van der Waals surface area (Å²) >= 11 is 0. The molecule has 2 unspecified atom stereocenters. The molecule has 0 aliphatic carbocycles. The summed E-state index contributed by atoms with van der Waals surface area (Å²) in [5, 5.41) is 3.37. The Balaban J connectivity index is 2.89. The molecular formula is C19H29NO4Si. The summed E-state index contributed by atoms with van der Waals surface area (Å²) in [5.74, 6) is -0.235. The third-order valence-corrected chi connectivity index (χ3v) is 10.1. The molecule has 6 heteroatoms. The molecule has 0 N–H and O–H groups in total. The first-order valence-electron chi connectivity index (χ1n) is 8.69. The highest BCUT2D eigenvalue weighted by molar-refractivity contribution is 6.92. The molecule has 1 aromatic rings. The van der Waals surface area contributed by atoms with Crippen molar-refractivity contribution in [1.29, 1.82) is 0 Å². The molecule has 1 rings (SSSR count). The molecule has 0 saturated heterocycles. The van der Waals surface area contributed by atoms with E-state index in [0.717, 1.165) is 6.42 Å². The van der Waals surface area contributed by atoms with Crippen molar-refractivity contribution < 1.29 is 14.4 Å². The molecule has 0 heterocycles. The molecule has 1 aromatic carbocycles. The Morgan fingerprint density at radius 3 is 2.52 bits per heavy atom. The van der Waals surface area contributed by atoms with Crippen LogP contribution in [0.2, 0.25) is 13.1 Å². The van der Waals surface area contributed by atoms with E-state index in [1.807, 2.05) is 25.1 Å². The average Bonchev–Trinajstić information content (AvgIpc) is 2.59. The van der Waals surface area contributed by atoms with Crippen LogP contribution in [0.15, 0.2) is 47.8 Å². The Morgan fingerprint density at radius 1 is 1.32 bits per heavy atom. The molecule has 0 radical (unpaired) electrons. The maximum Gasteiger partial charge on any atom is 0.330 e. The number of hydrogen-bond donors (Lipinski definition) is 0. The minimum absolute atomic E-state index is 0.0962. The van der Waals surface area contributed by atoms with E-state index < -0.39 is 13.3 Å². The minimum Gasteiger partial charge on any atom is -0.463 e. The van der Waals surface area contributed by atoms with Crippen LogP contribution in [0.4, 0.5) is 0 Å². The summed E-state index contributed by atoms with van der Waals surface area (Å²) in [6.07, 6.45) is 4.74. The number of carbonyl (C=O) groups is 1. The lowest BCUT2D eigenvalue weighted by Crippen LogP contribution is -2.64. The van der Waals surface area contributed by atoms with Crippen molar-refractivity contribution in [1.82, 2.24) is 0 Å². The van der Waals surface area contributed by atoms with Crippen molar-refractivity contribution in [2.45, 2.75) is 51.9 Å². The first-order chi connectivity index (χ1) is 11.8. The number of esters is 1. The van der Waals surface area contributed by atoms with Crippen molar-refractivity contribution in [2.24, 2.45) is 11.3 Å². The van der Waals surface area contributed by atoms with Gasteiger partial charge in [-0.2, -0.15) is 0 Å². The summed E-state index contributed by atoms with van der Waals surface area (Å²) in [4.78, 5) is 27.8. The van der Waals surface area contributed by atoms with Gasteiger partial charge in [0.1, 0.15) is 13.3 Å². The first kappa shape index (κ1) is 21.1. The molecule has 0 aromatic heterocycles. The Labute approximate surface area is 151 Å². The van der Waals surface area contributed by atoms with Gasteiger partial charge in [0.2, 0.25) is 0 Å². The molecule has 138 valence electrons. The second-order valence-corrected chi connectivity index (χ2v) is 11.7. The Kier molecular flexibility index (Phi) is 8.02. The fourth-order valence-corrected chi connectivity index (χ4v) is 6.27. The summed E-state index contributed by atoms with van der Waals surface area (Å²) in [6.45, 7) is 10.6. The van der Waals surface area contributed by atoms with Crippen LogP contribution >= 0.6 is 0 Å². The van der Waals surface area contributed by atoms with E-state index in [2.05, 4.69) is 37.5 Å². The normalized spacial score (nSPS) is 15.4.